The second-order valence-electron chi connectivity index (χ2n) is 10.5. The van der Waals surface area contributed by atoms with Crippen molar-refractivity contribution in [2.24, 2.45) is 0 Å². The summed E-state index contributed by atoms with van der Waals surface area (Å²) in [5, 5.41) is 0.356. The molecule has 0 unspecified atom stereocenters. The average Bonchev–Trinajstić information content (AvgIpc) is 2.94. The molecule has 4 heterocycles. The molecule has 0 N–H and O–H groups in total. The van der Waals surface area contributed by atoms with Crippen LogP contribution in [0.25, 0.3) is 28.0 Å². The number of halogens is 3. The van der Waals surface area contributed by atoms with Crippen LogP contribution in [0, 0.1) is 11.6 Å². The summed E-state index contributed by atoms with van der Waals surface area (Å²) in [5.74, 6) is -1.20. The molecule has 1 aliphatic heterocycles. The number of rotatable bonds is 8. The fraction of sp³-hybridized carbons (Fsp3) is 0.355. The lowest BCUT2D eigenvalue weighted by Gasteiger charge is -2.35. The van der Waals surface area contributed by atoms with Gasteiger partial charge in [-0.05, 0) is 61.9 Å². The van der Waals surface area contributed by atoms with E-state index in [2.05, 4.69) is 28.5 Å². The molecule has 0 aliphatic carbocycles. The molecule has 41 heavy (non-hydrogen) atoms. The van der Waals surface area contributed by atoms with Gasteiger partial charge in [0.2, 0.25) is 0 Å². The molecule has 0 bridgehead atoms. The van der Waals surface area contributed by atoms with Crippen molar-refractivity contribution in [1.82, 2.24) is 19.5 Å². The number of benzene rings is 1. The molecule has 7 nitrogen and oxygen atoms in total. The van der Waals surface area contributed by atoms with Gasteiger partial charge in [0.05, 0.1) is 40.2 Å². The first kappa shape index (κ1) is 28.7. The van der Waals surface area contributed by atoms with Crippen LogP contribution in [0.4, 0.5) is 14.6 Å². The summed E-state index contributed by atoms with van der Waals surface area (Å²) in [6.45, 7) is 10.6. The van der Waals surface area contributed by atoms with Crippen molar-refractivity contribution >= 4 is 28.5 Å². The Bertz CT molecular complexity index is 1650. The molecule has 0 radical (unpaired) electrons. The van der Waals surface area contributed by atoms with Crippen molar-refractivity contribution in [2.75, 3.05) is 18.1 Å². The molecule has 3 aromatic heterocycles. The van der Waals surface area contributed by atoms with Crippen molar-refractivity contribution in [1.29, 1.82) is 0 Å². The highest BCUT2D eigenvalue weighted by molar-refractivity contribution is 6.33. The van der Waals surface area contributed by atoms with Gasteiger partial charge in [0.25, 0.3) is 0 Å². The third-order valence-electron chi connectivity index (χ3n) is 7.49. The molecular weight excluding hydrogens is 548 g/mol. The molecule has 1 aliphatic rings. The zero-order valence-electron chi connectivity index (χ0n) is 23.3. The van der Waals surface area contributed by atoms with E-state index >= 15 is 8.78 Å². The molecule has 214 valence electrons. The van der Waals surface area contributed by atoms with Crippen LogP contribution in [-0.4, -0.2) is 38.7 Å². The average molecular weight is 580 g/mol. The van der Waals surface area contributed by atoms with Crippen molar-refractivity contribution < 1.29 is 13.5 Å². The van der Waals surface area contributed by atoms with Crippen LogP contribution < -0.4 is 10.6 Å². The number of piperidine rings is 1. The number of anilines is 1. The van der Waals surface area contributed by atoms with Crippen molar-refractivity contribution in [3.8, 4) is 16.9 Å². The van der Waals surface area contributed by atoms with Crippen LogP contribution >= 0.6 is 11.6 Å². The van der Waals surface area contributed by atoms with E-state index in [0.29, 0.717) is 42.2 Å². The third-order valence-corrected chi connectivity index (χ3v) is 7.80. The van der Waals surface area contributed by atoms with Crippen molar-refractivity contribution in [3.05, 3.63) is 87.8 Å². The fourth-order valence-electron chi connectivity index (χ4n) is 5.48. The molecule has 0 saturated carbocycles. The normalized spacial score (nSPS) is 15.5. The quantitative estimate of drug-likeness (QED) is 0.166. The van der Waals surface area contributed by atoms with E-state index < -0.39 is 17.3 Å². The standard InChI is InChI=1S/C31H32ClF2N5O2/c1-5-41-16-13-20-12-14-35-26(18(2)3)28(20)39-30-21(29(37-31(39)40)38-15-7-6-9-19(38)4)17-24(34)27(36-30)25-22(32)10-8-11-23(25)33/h5,8,10-12,14,17-19H,1,6-7,9,13,15-16H2,2-4H3/t19-/m0/s1. The van der Waals surface area contributed by atoms with E-state index in [-0.39, 0.29) is 33.9 Å². The summed E-state index contributed by atoms with van der Waals surface area (Å²) in [6.07, 6.45) is 6.37. The summed E-state index contributed by atoms with van der Waals surface area (Å²) in [6, 6.07) is 7.30. The molecule has 1 atom stereocenters. The van der Waals surface area contributed by atoms with Gasteiger partial charge in [-0.15, -0.1) is 0 Å². The molecular formula is C31H32ClF2N5O2. The molecule has 5 rings (SSSR count). The molecule has 1 aromatic carbocycles. The zero-order chi connectivity index (χ0) is 29.3. The van der Waals surface area contributed by atoms with Gasteiger partial charge in [0.15, 0.2) is 11.5 Å². The van der Waals surface area contributed by atoms with E-state index in [4.69, 9.17) is 16.3 Å². The summed E-state index contributed by atoms with van der Waals surface area (Å²) >= 11 is 6.34. The van der Waals surface area contributed by atoms with Crippen LogP contribution in [0.15, 0.2) is 54.2 Å². The molecule has 4 aromatic rings. The topological polar surface area (TPSA) is 73.1 Å². The van der Waals surface area contributed by atoms with Crippen LogP contribution in [0.5, 0.6) is 0 Å². The maximum atomic E-state index is 15.9. The predicted molar refractivity (Wildman–Crippen MR) is 158 cm³/mol. The number of ether oxygens (including phenoxy) is 1. The second kappa shape index (κ2) is 11.9. The first-order valence-corrected chi connectivity index (χ1v) is 14.2. The summed E-state index contributed by atoms with van der Waals surface area (Å²) in [7, 11) is 0. The highest BCUT2D eigenvalue weighted by atomic mass is 35.5. The summed E-state index contributed by atoms with van der Waals surface area (Å²) in [5.41, 5.74) is 1.01. The van der Waals surface area contributed by atoms with Crippen molar-refractivity contribution in [2.45, 2.75) is 58.4 Å². The van der Waals surface area contributed by atoms with E-state index in [1.807, 2.05) is 24.8 Å². The Morgan fingerprint density at radius 1 is 1.20 bits per heavy atom. The summed E-state index contributed by atoms with van der Waals surface area (Å²) < 4.78 is 37.7. The number of fused-ring (bicyclic) bond motifs is 1. The van der Waals surface area contributed by atoms with Gasteiger partial charge in [-0.25, -0.2) is 23.1 Å². The predicted octanol–water partition coefficient (Wildman–Crippen LogP) is 6.98. The number of hydrogen-bond acceptors (Lipinski definition) is 6. The SMILES string of the molecule is C=COCCc1ccnc(C(C)C)c1-n1c(=O)nc(N2CCCC[C@@H]2C)c2cc(F)c(-c3c(F)cccc3Cl)nc21. The van der Waals surface area contributed by atoms with Crippen LogP contribution in [-0.2, 0) is 11.2 Å². The molecule has 0 spiro atoms. The monoisotopic (exact) mass is 579 g/mol. The van der Waals surface area contributed by atoms with E-state index in [0.717, 1.165) is 24.8 Å². The third kappa shape index (κ3) is 5.43. The number of pyridine rings is 2. The number of aromatic nitrogens is 4. The van der Waals surface area contributed by atoms with Crippen molar-refractivity contribution in [3.63, 3.8) is 0 Å². The smallest absolute Gasteiger partial charge is 0.355 e. The Morgan fingerprint density at radius 3 is 2.71 bits per heavy atom. The van der Waals surface area contributed by atoms with E-state index in [1.54, 1.807) is 6.20 Å². The molecule has 10 heteroatoms. The number of nitrogens with zero attached hydrogens (tertiary/aromatic N) is 5. The Balaban J connectivity index is 1.89. The zero-order valence-corrected chi connectivity index (χ0v) is 24.1. The lowest BCUT2D eigenvalue weighted by Crippen LogP contribution is -2.40. The van der Waals surface area contributed by atoms with Gasteiger partial charge in [0, 0.05) is 25.2 Å². The lowest BCUT2D eigenvalue weighted by atomic mass is 10.0. The highest BCUT2D eigenvalue weighted by Gasteiger charge is 2.28. The lowest BCUT2D eigenvalue weighted by molar-refractivity contribution is 0.255. The van der Waals surface area contributed by atoms with E-state index in [1.165, 1.54) is 35.1 Å². The van der Waals surface area contributed by atoms with Crippen LogP contribution in [0.1, 0.15) is 57.2 Å². The minimum Gasteiger partial charge on any atom is -0.501 e. The van der Waals surface area contributed by atoms with Crippen LogP contribution in [0.3, 0.4) is 0 Å². The van der Waals surface area contributed by atoms with Gasteiger partial charge < -0.3 is 9.64 Å². The Morgan fingerprint density at radius 2 is 2.00 bits per heavy atom. The second-order valence-corrected chi connectivity index (χ2v) is 10.9. The van der Waals surface area contributed by atoms with E-state index in [9.17, 15) is 4.79 Å². The van der Waals surface area contributed by atoms with Crippen LogP contribution in [0.2, 0.25) is 5.02 Å². The number of hydrogen-bond donors (Lipinski definition) is 0. The van der Waals surface area contributed by atoms with Gasteiger partial charge >= 0.3 is 5.69 Å². The highest BCUT2D eigenvalue weighted by Crippen LogP contribution is 2.36. The van der Waals surface area contributed by atoms with Gasteiger partial charge in [-0.3, -0.25) is 4.98 Å². The first-order valence-electron chi connectivity index (χ1n) is 13.8. The molecule has 0 amide bonds. The maximum Gasteiger partial charge on any atom is 0.355 e. The Kier molecular flexibility index (Phi) is 8.35. The fourth-order valence-corrected chi connectivity index (χ4v) is 5.74. The van der Waals surface area contributed by atoms with Gasteiger partial charge in [-0.1, -0.05) is 38.1 Å². The minimum atomic E-state index is -0.766. The largest absolute Gasteiger partial charge is 0.501 e. The minimum absolute atomic E-state index is 0.00934. The molecule has 1 fully saturated rings. The van der Waals surface area contributed by atoms with Gasteiger partial charge in [-0.2, -0.15) is 4.98 Å². The Hall–Kier alpha value is -3.85. The Labute approximate surface area is 242 Å². The first-order chi connectivity index (χ1) is 19.7. The maximum absolute atomic E-state index is 15.9. The summed E-state index contributed by atoms with van der Waals surface area (Å²) in [4.78, 5) is 29.8. The molecule has 1 saturated heterocycles. The van der Waals surface area contributed by atoms with Gasteiger partial charge in [0.1, 0.15) is 17.3 Å².